The molecule has 3 heteroatoms. The minimum Gasteiger partial charge on any atom is -0.396 e. The van der Waals surface area contributed by atoms with E-state index in [9.17, 15) is 5.11 Å². The molecule has 1 aliphatic heterocycles. The minimum absolute atomic E-state index is 0.0729. The van der Waals surface area contributed by atoms with Crippen molar-refractivity contribution < 1.29 is 5.11 Å². The highest BCUT2D eigenvalue weighted by Gasteiger charge is 2.41. The van der Waals surface area contributed by atoms with Crippen molar-refractivity contribution in [1.82, 2.24) is 4.90 Å². The molecule has 0 atom stereocenters. The highest BCUT2D eigenvalue weighted by Crippen LogP contribution is 2.33. The Hall–Kier alpha value is -0.900. The monoisotopic (exact) mass is 220 g/mol. The summed E-state index contributed by atoms with van der Waals surface area (Å²) in [4.78, 5) is 2.36. The number of nitrogens with two attached hydrogens (primary N) is 1. The van der Waals surface area contributed by atoms with Gasteiger partial charge in [0.15, 0.2) is 0 Å². The van der Waals surface area contributed by atoms with Gasteiger partial charge in [-0.25, -0.2) is 0 Å². The van der Waals surface area contributed by atoms with Crippen molar-refractivity contribution in [2.24, 2.45) is 11.1 Å². The molecule has 3 N–H and O–H groups in total. The van der Waals surface area contributed by atoms with Gasteiger partial charge in [0.25, 0.3) is 0 Å². The third kappa shape index (κ3) is 2.43. The van der Waals surface area contributed by atoms with E-state index in [0.29, 0.717) is 6.54 Å². The zero-order valence-electron chi connectivity index (χ0n) is 9.60. The smallest absolute Gasteiger partial charge is 0.0512 e. The van der Waals surface area contributed by atoms with Crippen LogP contribution in [0.25, 0.3) is 0 Å². The van der Waals surface area contributed by atoms with Crippen LogP contribution >= 0.6 is 0 Å². The van der Waals surface area contributed by atoms with Crippen LogP contribution in [-0.2, 0) is 6.54 Å². The maximum absolute atomic E-state index is 9.37. The first kappa shape index (κ1) is 11.6. The lowest BCUT2D eigenvalue weighted by Gasteiger charge is -2.49. The Balaban J connectivity index is 1.84. The lowest BCUT2D eigenvalue weighted by molar-refractivity contribution is -0.0499. The van der Waals surface area contributed by atoms with Crippen LogP contribution in [0.3, 0.4) is 0 Å². The topological polar surface area (TPSA) is 49.5 Å². The van der Waals surface area contributed by atoms with Crippen LogP contribution in [0.15, 0.2) is 30.3 Å². The van der Waals surface area contributed by atoms with Gasteiger partial charge in [0.2, 0.25) is 0 Å². The predicted octanol–water partition coefficient (Wildman–Crippen LogP) is 0.830. The number of hydrogen-bond donors (Lipinski definition) is 2. The van der Waals surface area contributed by atoms with E-state index in [-0.39, 0.29) is 12.0 Å². The van der Waals surface area contributed by atoms with Crippen molar-refractivity contribution in [1.29, 1.82) is 0 Å². The molecule has 0 amide bonds. The quantitative estimate of drug-likeness (QED) is 0.772. The third-order valence-electron chi connectivity index (χ3n) is 3.38. The van der Waals surface area contributed by atoms with Gasteiger partial charge in [0, 0.05) is 25.0 Å². The Morgan fingerprint density at radius 3 is 2.50 bits per heavy atom. The lowest BCUT2D eigenvalue weighted by Crippen LogP contribution is -2.58. The van der Waals surface area contributed by atoms with Crippen LogP contribution in [0, 0.1) is 5.41 Å². The van der Waals surface area contributed by atoms with Crippen LogP contribution in [0.5, 0.6) is 0 Å². The minimum atomic E-state index is 0.0729. The van der Waals surface area contributed by atoms with E-state index in [0.717, 1.165) is 26.1 Å². The molecule has 1 fully saturated rings. The maximum atomic E-state index is 9.37. The van der Waals surface area contributed by atoms with Crippen LogP contribution in [0.2, 0.25) is 0 Å². The summed E-state index contributed by atoms with van der Waals surface area (Å²) in [5.41, 5.74) is 6.98. The number of likely N-dealkylation sites (tertiary alicyclic amines) is 1. The van der Waals surface area contributed by atoms with E-state index in [4.69, 9.17) is 5.73 Å². The molecule has 16 heavy (non-hydrogen) atoms. The third-order valence-corrected chi connectivity index (χ3v) is 3.38. The average Bonchev–Trinajstić information content (AvgIpc) is 2.27. The van der Waals surface area contributed by atoms with E-state index in [1.54, 1.807) is 0 Å². The van der Waals surface area contributed by atoms with E-state index < -0.39 is 0 Å². The average molecular weight is 220 g/mol. The molecule has 0 saturated carbocycles. The van der Waals surface area contributed by atoms with E-state index >= 15 is 0 Å². The summed E-state index contributed by atoms with van der Waals surface area (Å²) in [5, 5.41) is 9.37. The molecule has 0 unspecified atom stereocenters. The van der Waals surface area contributed by atoms with Gasteiger partial charge in [0.1, 0.15) is 0 Å². The summed E-state index contributed by atoms with van der Waals surface area (Å²) in [7, 11) is 0. The second kappa shape index (κ2) is 4.95. The van der Waals surface area contributed by atoms with Gasteiger partial charge in [-0.1, -0.05) is 30.3 Å². The first-order valence-corrected chi connectivity index (χ1v) is 5.85. The molecule has 1 aliphatic rings. The van der Waals surface area contributed by atoms with Crippen LogP contribution in [-0.4, -0.2) is 36.2 Å². The molecule has 1 saturated heterocycles. The maximum Gasteiger partial charge on any atom is 0.0512 e. The molecule has 88 valence electrons. The largest absolute Gasteiger partial charge is 0.396 e. The summed E-state index contributed by atoms with van der Waals surface area (Å²) in [6, 6.07) is 10.4. The van der Waals surface area contributed by atoms with Crippen molar-refractivity contribution in [3.05, 3.63) is 35.9 Å². The number of nitrogens with zero attached hydrogens (tertiary/aromatic N) is 1. The molecule has 0 spiro atoms. The van der Waals surface area contributed by atoms with E-state index in [2.05, 4.69) is 29.2 Å². The molecule has 3 nitrogen and oxygen atoms in total. The standard InChI is InChI=1S/C13H20N2O/c14-7-6-13(11-16)9-15(10-13)8-12-4-2-1-3-5-12/h1-5,16H,6-11,14H2. The number of hydrogen-bond acceptors (Lipinski definition) is 3. The molecule has 1 aromatic carbocycles. The van der Waals surface area contributed by atoms with Gasteiger partial charge in [-0.15, -0.1) is 0 Å². The molecule has 2 rings (SSSR count). The summed E-state index contributed by atoms with van der Waals surface area (Å²) in [5.74, 6) is 0. The Kier molecular flexibility index (Phi) is 3.59. The van der Waals surface area contributed by atoms with Gasteiger partial charge in [-0.2, -0.15) is 0 Å². The number of aliphatic hydroxyl groups excluding tert-OH is 1. The fourth-order valence-corrected chi connectivity index (χ4v) is 2.50. The molecule has 0 bridgehead atoms. The molecular formula is C13H20N2O. The molecule has 1 heterocycles. The van der Waals surface area contributed by atoms with Crippen LogP contribution < -0.4 is 5.73 Å². The molecular weight excluding hydrogens is 200 g/mol. The fourth-order valence-electron chi connectivity index (χ4n) is 2.50. The zero-order valence-corrected chi connectivity index (χ0v) is 9.60. The number of rotatable bonds is 5. The van der Waals surface area contributed by atoms with Gasteiger partial charge in [0.05, 0.1) is 6.61 Å². The van der Waals surface area contributed by atoms with Gasteiger partial charge in [-0.05, 0) is 18.5 Å². The molecule has 0 aromatic heterocycles. The zero-order chi connectivity index (χ0) is 11.4. The Morgan fingerprint density at radius 2 is 1.94 bits per heavy atom. The molecule has 0 radical (unpaired) electrons. The fraction of sp³-hybridized carbons (Fsp3) is 0.538. The summed E-state index contributed by atoms with van der Waals surface area (Å²) >= 11 is 0. The summed E-state index contributed by atoms with van der Waals surface area (Å²) in [6.45, 7) is 3.84. The van der Waals surface area contributed by atoms with Crippen molar-refractivity contribution in [3.8, 4) is 0 Å². The van der Waals surface area contributed by atoms with Crippen molar-refractivity contribution in [3.63, 3.8) is 0 Å². The highest BCUT2D eigenvalue weighted by atomic mass is 16.3. The molecule has 1 aromatic rings. The predicted molar refractivity (Wildman–Crippen MR) is 64.9 cm³/mol. The number of benzene rings is 1. The van der Waals surface area contributed by atoms with Crippen LogP contribution in [0.4, 0.5) is 0 Å². The van der Waals surface area contributed by atoms with Crippen molar-refractivity contribution in [2.45, 2.75) is 13.0 Å². The van der Waals surface area contributed by atoms with Gasteiger partial charge >= 0.3 is 0 Å². The van der Waals surface area contributed by atoms with Crippen molar-refractivity contribution >= 4 is 0 Å². The Bertz CT molecular complexity index is 320. The normalized spacial score (nSPS) is 19.4. The first-order chi connectivity index (χ1) is 7.78. The highest BCUT2D eigenvalue weighted by molar-refractivity contribution is 5.15. The number of aliphatic hydroxyl groups is 1. The SMILES string of the molecule is NCCC1(CO)CN(Cc2ccccc2)C1. The van der Waals surface area contributed by atoms with Gasteiger partial charge < -0.3 is 10.8 Å². The van der Waals surface area contributed by atoms with E-state index in [1.165, 1.54) is 5.56 Å². The van der Waals surface area contributed by atoms with Crippen LogP contribution in [0.1, 0.15) is 12.0 Å². The first-order valence-electron chi connectivity index (χ1n) is 5.85. The summed E-state index contributed by atoms with van der Waals surface area (Å²) in [6.07, 6.45) is 0.925. The van der Waals surface area contributed by atoms with Gasteiger partial charge in [-0.3, -0.25) is 4.90 Å². The van der Waals surface area contributed by atoms with E-state index in [1.807, 2.05) is 6.07 Å². The molecule has 0 aliphatic carbocycles. The lowest BCUT2D eigenvalue weighted by atomic mass is 9.77. The Morgan fingerprint density at radius 1 is 1.25 bits per heavy atom. The summed E-state index contributed by atoms with van der Waals surface area (Å²) < 4.78 is 0. The second-order valence-electron chi connectivity index (χ2n) is 4.83. The second-order valence-corrected chi connectivity index (χ2v) is 4.83. The van der Waals surface area contributed by atoms with Crippen molar-refractivity contribution in [2.75, 3.05) is 26.2 Å². The Labute approximate surface area is 96.9 Å².